The molecule has 4 heteroatoms. The number of hydrogen-bond donors (Lipinski definition) is 2. The maximum Gasteiger partial charge on any atom is 0.246 e. The van der Waals surface area contributed by atoms with Gasteiger partial charge in [-0.25, -0.2) is 5.43 Å². The Morgan fingerprint density at radius 2 is 1.78 bits per heavy atom. The first-order valence-electron chi connectivity index (χ1n) is 8.76. The third-order valence-electron chi connectivity index (χ3n) is 6.14. The second kappa shape index (κ2) is 5.66. The molecule has 5 rings (SSSR count). The van der Waals surface area contributed by atoms with Gasteiger partial charge in [-0.05, 0) is 62.0 Å². The molecule has 4 saturated carbocycles. The van der Waals surface area contributed by atoms with E-state index in [-0.39, 0.29) is 17.1 Å². The molecule has 1 aromatic rings. The van der Waals surface area contributed by atoms with E-state index in [0.29, 0.717) is 5.56 Å². The number of nitrogens with one attached hydrogen (secondary N) is 1. The molecule has 4 fully saturated rings. The summed E-state index contributed by atoms with van der Waals surface area (Å²) in [5, 5.41) is 13.8. The molecule has 0 radical (unpaired) electrons. The van der Waals surface area contributed by atoms with Gasteiger partial charge in [0.1, 0.15) is 5.75 Å². The van der Waals surface area contributed by atoms with Crippen molar-refractivity contribution in [1.82, 2.24) is 5.43 Å². The third kappa shape index (κ3) is 2.75. The van der Waals surface area contributed by atoms with Crippen LogP contribution in [0.1, 0.15) is 50.5 Å². The molecule has 0 spiro atoms. The zero-order chi connectivity index (χ0) is 15.9. The maximum atomic E-state index is 12.8. The fourth-order valence-electron chi connectivity index (χ4n) is 5.35. The van der Waals surface area contributed by atoms with Gasteiger partial charge in [-0.3, -0.25) is 4.79 Å². The number of carbonyl (C=O) groups excluding carboxylic acids is 1. The van der Waals surface area contributed by atoms with Gasteiger partial charge in [-0.2, -0.15) is 5.10 Å². The van der Waals surface area contributed by atoms with Gasteiger partial charge in [-0.15, -0.1) is 0 Å². The average Bonchev–Trinajstić information content (AvgIpc) is 2.75. The van der Waals surface area contributed by atoms with E-state index >= 15 is 0 Å². The number of aromatic hydroxyl groups is 1. The van der Waals surface area contributed by atoms with Crippen LogP contribution in [0, 0.1) is 23.2 Å². The minimum absolute atomic E-state index is 0.0884. The Hall–Kier alpha value is -1.84. The first kappa shape index (κ1) is 14.7. The number of rotatable bonds is 3. The van der Waals surface area contributed by atoms with Gasteiger partial charge < -0.3 is 5.11 Å². The molecule has 0 aliphatic heterocycles. The number of amides is 1. The molecular weight excluding hydrogens is 288 g/mol. The standard InChI is InChI=1S/C19H24N2O2/c22-17-4-2-1-3-16(17)12-20-21-18(23)19-9-13-5-6-14(10-19)8-15(7-13)11-19/h1-4,12-15,22H,5-11H2,(H,21,23)/b20-12+. The molecule has 1 amide bonds. The molecule has 4 bridgehead atoms. The number of para-hydroxylation sites is 1. The number of hydrogen-bond acceptors (Lipinski definition) is 3. The summed E-state index contributed by atoms with van der Waals surface area (Å²) in [7, 11) is 0. The van der Waals surface area contributed by atoms with E-state index in [0.717, 1.165) is 37.0 Å². The highest BCUT2D eigenvalue weighted by Crippen LogP contribution is 2.57. The van der Waals surface area contributed by atoms with E-state index in [1.165, 1.54) is 31.9 Å². The summed E-state index contributed by atoms with van der Waals surface area (Å²) in [6.07, 6.45) is 9.91. The van der Waals surface area contributed by atoms with E-state index in [1.54, 1.807) is 18.2 Å². The van der Waals surface area contributed by atoms with Crippen molar-refractivity contribution >= 4 is 12.1 Å². The van der Waals surface area contributed by atoms with Gasteiger partial charge in [0.05, 0.1) is 11.6 Å². The zero-order valence-corrected chi connectivity index (χ0v) is 13.4. The normalized spacial score (nSPS) is 35.4. The van der Waals surface area contributed by atoms with Crippen LogP contribution in [0.25, 0.3) is 0 Å². The lowest BCUT2D eigenvalue weighted by Gasteiger charge is -2.46. The van der Waals surface area contributed by atoms with Crippen molar-refractivity contribution in [2.24, 2.45) is 28.3 Å². The Labute approximate surface area is 137 Å². The van der Waals surface area contributed by atoms with Gasteiger partial charge in [0.15, 0.2) is 0 Å². The van der Waals surface area contributed by atoms with Crippen molar-refractivity contribution in [3.8, 4) is 5.75 Å². The third-order valence-corrected chi connectivity index (χ3v) is 6.14. The van der Waals surface area contributed by atoms with Crippen molar-refractivity contribution < 1.29 is 9.90 Å². The number of nitrogens with zero attached hydrogens (tertiary/aromatic N) is 1. The van der Waals surface area contributed by atoms with Gasteiger partial charge in [0.2, 0.25) is 5.91 Å². The molecular formula is C19H24N2O2. The van der Waals surface area contributed by atoms with Gasteiger partial charge in [-0.1, -0.05) is 25.0 Å². The van der Waals surface area contributed by atoms with Crippen molar-refractivity contribution in [3.05, 3.63) is 29.8 Å². The molecule has 23 heavy (non-hydrogen) atoms. The first-order valence-corrected chi connectivity index (χ1v) is 8.76. The lowest BCUT2D eigenvalue weighted by molar-refractivity contribution is -0.138. The molecule has 4 aliphatic carbocycles. The number of phenols is 1. The van der Waals surface area contributed by atoms with Gasteiger partial charge in [0, 0.05) is 5.56 Å². The van der Waals surface area contributed by atoms with Crippen LogP contribution in [0.3, 0.4) is 0 Å². The summed E-state index contributed by atoms with van der Waals surface area (Å²) in [6, 6.07) is 7.00. The maximum absolute atomic E-state index is 12.8. The predicted molar refractivity (Wildman–Crippen MR) is 89.1 cm³/mol. The van der Waals surface area contributed by atoms with E-state index in [2.05, 4.69) is 10.5 Å². The minimum Gasteiger partial charge on any atom is -0.507 e. The molecule has 2 N–H and O–H groups in total. The minimum atomic E-state index is -0.191. The van der Waals surface area contributed by atoms with E-state index in [1.807, 2.05) is 6.07 Å². The smallest absolute Gasteiger partial charge is 0.246 e. The number of hydrazone groups is 1. The van der Waals surface area contributed by atoms with Crippen LogP contribution in [-0.2, 0) is 4.79 Å². The summed E-state index contributed by atoms with van der Waals surface area (Å²) >= 11 is 0. The molecule has 1 aromatic carbocycles. The van der Waals surface area contributed by atoms with E-state index in [9.17, 15) is 9.90 Å². The quantitative estimate of drug-likeness (QED) is 0.663. The first-order chi connectivity index (χ1) is 11.1. The highest BCUT2D eigenvalue weighted by molar-refractivity contribution is 5.87. The van der Waals surface area contributed by atoms with Crippen LogP contribution < -0.4 is 5.43 Å². The highest BCUT2D eigenvalue weighted by atomic mass is 16.3. The zero-order valence-electron chi connectivity index (χ0n) is 13.4. The summed E-state index contributed by atoms with van der Waals surface area (Å²) in [5.41, 5.74) is 3.19. The van der Waals surface area contributed by atoms with Crippen LogP contribution >= 0.6 is 0 Å². The van der Waals surface area contributed by atoms with Crippen LogP contribution in [0.2, 0.25) is 0 Å². The number of benzene rings is 1. The molecule has 122 valence electrons. The Bertz CT molecular complexity index is 624. The molecule has 4 aliphatic rings. The molecule has 4 nitrogen and oxygen atoms in total. The van der Waals surface area contributed by atoms with Crippen molar-refractivity contribution in [2.75, 3.05) is 0 Å². The Morgan fingerprint density at radius 1 is 1.13 bits per heavy atom. The average molecular weight is 312 g/mol. The van der Waals surface area contributed by atoms with Crippen LogP contribution in [0.4, 0.5) is 0 Å². The topological polar surface area (TPSA) is 61.7 Å². The number of fused-ring (bicyclic) bond motifs is 1. The molecule has 0 saturated heterocycles. The summed E-state index contributed by atoms with van der Waals surface area (Å²) < 4.78 is 0. The molecule has 0 aromatic heterocycles. The van der Waals surface area contributed by atoms with Crippen LogP contribution in [-0.4, -0.2) is 17.2 Å². The summed E-state index contributed by atoms with van der Waals surface area (Å²) in [6.45, 7) is 0. The molecule has 2 atom stereocenters. The second-order valence-corrected chi connectivity index (χ2v) is 7.80. The highest BCUT2D eigenvalue weighted by Gasteiger charge is 2.52. The van der Waals surface area contributed by atoms with Crippen molar-refractivity contribution in [3.63, 3.8) is 0 Å². The van der Waals surface area contributed by atoms with Crippen molar-refractivity contribution in [2.45, 2.75) is 44.9 Å². The lowest BCUT2D eigenvalue weighted by atomic mass is 9.58. The fourth-order valence-corrected chi connectivity index (χ4v) is 5.35. The van der Waals surface area contributed by atoms with E-state index in [4.69, 9.17) is 0 Å². The number of carbonyl (C=O) groups is 1. The monoisotopic (exact) mass is 312 g/mol. The summed E-state index contributed by atoms with van der Waals surface area (Å²) in [5.74, 6) is 2.47. The van der Waals surface area contributed by atoms with Gasteiger partial charge in [0.25, 0.3) is 0 Å². The number of phenolic OH excluding ortho intramolecular Hbond substituents is 1. The Morgan fingerprint density at radius 3 is 2.48 bits per heavy atom. The Balaban J connectivity index is 1.48. The fraction of sp³-hybridized carbons (Fsp3) is 0.579. The van der Waals surface area contributed by atoms with E-state index < -0.39 is 0 Å². The summed E-state index contributed by atoms with van der Waals surface area (Å²) in [4.78, 5) is 12.8. The lowest BCUT2D eigenvalue weighted by Crippen LogP contribution is -2.47. The van der Waals surface area contributed by atoms with Gasteiger partial charge >= 0.3 is 0 Å². The predicted octanol–water partition coefficient (Wildman–Crippen LogP) is 3.45. The molecule has 2 unspecified atom stereocenters. The second-order valence-electron chi connectivity index (χ2n) is 7.80. The van der Waals surface area contributed by atoms with Crippen LogP contribution in [0.5, 0.6) is 5.75 Å². The van der Waals surface area contributed by atoms with Crippen molar-refractivity contribution in [1.29, 1.82) is 0 Å². The van der Waals surface area contributed by atoms with Crippen LogP contribution in [0.15, 0.2) is 29.4 Å². The Kier molecular flexibility index (Phi) is 3.63. The molecule has 0 heterocycles. The SMILES string of the molecule is O=C(N/N=C/c1ccccc1O)C12CC3CCC(CC(C3)C1)C2. The largest absolute Gasteiger partial charge is 0.507 e.